The Labute approximate surface area is 92.5 Å². The first-order valence-corrected chi connectivity index (χ1v) is 5.08. The van der Waals surface area contributed by atoms with Gasteiger partial charge in [-0.2, -0.15) is 13.2 Å². The molecule has 0 aromatic rings. The number of amides is 1. The first-order chi connectivity index (χ1) is 7.36. The van der Waals surface area contributed by atoms with Gasteiger partial charge in [0.1, 0.15) is 6.04 Å². The van der Waals surface area contributed by atoms with E-state index in [4.69, 9.17) is 0 Å². The van der Waals surface area contributed by atoms with Gasteiger partial charge in [-0.1, -0.05) is 6.58 Å². The summed E-state index contributed by atoms with van der Waals surface area (Å²) < 4.78 is 37.3. The summed E-state index contributed by atoms with van der Waals surface area (Å²) >= 11 is 0. The molecule has 1 fully saturated rings. The van der Waals surface area contributed by atoms with Crippen LogP contribution in [0.4, 0.5) is 13.2 Å². The second kappa shape index (κ2) is 4.86. The van der Waals surface area contributed by atoms with E-state index in [1.165, 1.54) is 15.9 Å². The molecule has 1 amide bonds. The van der Waals surface area contributed by atoms with E-state index in [0.717, 1.165) is 6.92 Å². The van der Waals surface area contributed by atoms with Crippen molar-refractivity contribution in [3.63, 3.8) is 0 Å². The Kier molecular flexibility index (Phi) is 3.96. The van der Waals surface area contributed by atoms with E-state index in [0.29, 0.717) is 13.1 Å². The lowest BCUT2D eigenvalue weighted by Crippen LogP contribution is -2.54. The summed E-state index contributed by atoms with van der Waals surface area (Å²) in [4.78, 5) is 14.1. The van der Waals surface area contributed by atoms with Gasteiger partial charge in [-0.25, -0.2) is 0 Å². The van der Waals surface area contributed by atoms with Crippen LogP contribution in [0, 0.1) is 0 Å². The summed E-state index contributed by atoms with van der Waals surface area (Å²) in [6.45, 7) is 5.64. The number of alkyl halides is 3. The van der Waals surface area contributed by atoms with Crippen LogP contribution in [0.5, 0.6) is 0 Å². The van der Waals surface area contributed by atoms with Gasteiger partial charge in [0.05, 0.1) is 0 Å². The molecule has 0 N–H and O–H groups in total. The summed E-state index contributed by atoms with van der Waals surface area (Å²) in [5.41, 5.74) is 0. The van der Waals surface area contributed by atoms with Crippen LogP contribution >= 0.6 is 0 Å². The second-order valence-corrected chi connectivity index (χ2v) is 3.78. The zero-order valence-corrected chi connectivity index (χ0v) is 9.13. The summed E-state index contributed by atoms with van der Waals surface area (Å²) in [6.07, 6.45) is -3.02. The molecule has 0 bridgehead atoms. The number of carbonyl (C=O) groups is 1. The Hall–Kier alpha value is -1.04. The maximum atomic E-state index is 12.4. The van der Waals surface area contributed by atoms with E-state index in [1.54, 1.807) is 0 Å². The van der Waals surface area contributed by atoms with Crippen molar-refractivity contribution in [3.05, 3.63) is 12.7 Å². The van der Waals surface area contributed by atoms with Gasteiger partial charge in [-0.15, -0.1) is 0 Å². The van der Waals surface area contributed by atoms with Crippen molar-refractivity contribution < 1.29 is 18.0 Å². The molecule has 1 heterocycles. The van der Waals surface area contributed by atoms with Crippen molar-refractivity contribution in [2.24, 2.45) is 0 Å². The highest BCUT2D eigenvalue weighted by atomic mass is 19.4. The third-order valence-corrected chi connectivity index (χ3v) is 2.82. The van der Waals surface area contributed by atoms with Crippen LogP contribution in [0.1, 0.15) is 6.92 Å². The Morgan fingerprint density at radius 2 is 1.81 bits per heavy atom. The highest BCUT2D eigenvalue weighted by Gasteiger charge is 2.40. The molecule has 6 heteroatoms. The average Bonchev–Trinajstić information content (AvgIpc) is 2.26. The number of nitrogens with zero attached hydrogens (tertiary/aromatic N) is 2. The fourth-order valence-corrected chi connectivity index (χ4v) is 1.67. The lowest BCUT2D eigenvalue weighted by Gasteiger charge is -2.38. The molecule has 1 aliphatic rings. The molecule has 1 aliphatic heterocycles. The molecular formula is C10H15F3N2O. The van der Waals surface area contributed by atoms with Gasteiger partial charge in [-0.3, -0.25) is 9.69 Å². The molecule has 92 valence electrons. The van der Waals surface area contributed by atoms with E-state index < -0.39 is 12.2 Å². The van der Waals surface area contributed by atoms with E-state index in [-0.39, 0.29) is 19.0 Å². The summed E-state index contributed by atoms with van der Waals surface area (Å²) in [7, 11) is 0. The SMILES string of the molecule is C=CC(=O)N1CCN(C(C)C(F)(F)F)CC1. The van der Waals surface area contributed by atoms with Crippen LogP contribution in [0.2, 0.25) is 0 Å². The largest absolute Gasteiger partial charge is 0.403 e. The third kappa shape index (κ3) is 2.98. The highest BCUT2D eigenvalue weighted by Crippen LogP contribution is 2.25. The van der Waals surface area contributed by atoms with Crippen LogP contribution < -0.4 is 0 Å². The predicted octanol–water partition coefficient (Wildman–Crippen LogP) is 1.27. The molecule has 0 aliphatic carbocycles. The Morgan fingerprint density at radius 1 is 1.31 bits per heavy atom. The summed E-state index contributed by atoms with van der Waals surface area (Å²) in [6, 6.07) is -1.45. The Bertz CT molecular complexity index is 270. The van der Waals surface area contributed by atoms with Crippen LogP contribution in [0.25, 0.3) is 0 Å². The van der Waals surface area contributed by atoms with Crippen molar-refractivity contribution in [3.8, 4) is 0 Å². The van der Waals surface area contributed by atoms with Crippen molar-refractivity contribution in [1.29, 1.82) is 0 Å². The maximum absolute atomic E-state index is 12.4. The maximum Gasteiger partial charge on any atom is 0.403 e. The van der Waals surface area contributed by atoms with Crippen LogP contribution in [0.3, 0.4) is 0 Å². The van der Waals surface area contributed by atoms with Gasteiger partial charge >= 0.3 is 6.18 Å². The monoisotopic (exact) mass is 236 g/mol. The number of halogens is 3. The number of hydrogen-bond donors (Lipinski definition) is 0. The predicted molar refractivity (Wildman–Crippen MR) is 53.9 cm³/mol. The van der Waals surface area contributed by atoms with Gasteiger partial charge in [0, 0.05) is 26.2 Å². The lowest BCUT2D eigenvalue weighted by atomic mass is 10.2. The Balaban J connectivity index is 2.49. The smallest absolute Gasteiger partial charge is 0.337 e. The molecule has 0 spiro atoms. The number of rotatable bonds is 2. The quantitative estimate of drug-likeness (QED) is 0.674. The summed E-state index contributed by atoms with van der Waals surface area (Å²) in [5.74, 6) is -0.223. The number of hydrogen-bond acceptors (Lipinski definition) is 2. The van der Waals surface area contributed by atoms with Crippen molar-refractivity contribution >= 4 is 5.91 Å². The molecule has 0 aromatic heterocycles. The van der Waals surface area contributed by atoms with E-state index in [9.17, 15) is 18.0 Å². The second-order valence-electron chi connectivity index (χ2n) is 3.78. The molecule has 1 atom stereocenters. The van der Waals surface area contributed by atoms with Crippen LogP contribution in [-0.2, 0) is 4.79 Å². The fourth-order valence-electron chi connectivity index (χ4n) is 1.67. The highest BCUT2D eigenvalue weighted by molar-refractivity contribution is 5.87. The van der Waals surface area contributed by atoms with Gasteiger partial charge in [0.2, 0.25) is 5.91 Å². The number of carbonyl (C=O) groups excluding carboxylic acids is 1. The van der Waals surface area contributed by atoms with Crippen molar-refractivity contribution in [2.75, 3.05) is 26.2 Å². The summed E-state index contributed by atoms with van der Waals surface area (Å²) in [5, 5.41) is 0. The molecule has 1 unspecified atom stereocenters. The van der Waals surface area contributed by atoms with Gasteiger partial charge in [0.15, 0.2) is 0 Å². The zero-order chi connectivity index (χ0) is 12.3. The standard InChI is InChI=1S/C10H15F3N2O/c1-3-9(16)15-6-4-14(5-7-15)8(2)10(11,12)13/h3,8H,1,4-7H2,2H3. The van der Waals surface area contributed by atoms with Crippen LogP contribution in [-0.4, -0.2) is 54.1 Å². The lowest BCUT2D eigenvalue weighted by molar-refractivity contribution is -0.182. The Morgan fingerprint density at radius 3 is 2.19 bits per heavy atom. The molecule has 0 aromatic carbocycles. The minimum Gasteiger partial charge on any atom is -0.337 e. The molecular weight excluding hydrogens is 221 g/mol. The zero-order valence-electron chi connectivity index (χ0n) is 9.13. The fraction of sp³-hybridized carbons (Fsp3) is 0.700. The molecule has 0 saturated carbocycles. The van der Waals surface area contributed by atoms with Crippen LogP contribution in [0.15, 0.2) is 12.7 Å². The molecule has 16 heavy (non-hydrogen) atoms. The molecule has 0 radical (unpaired) electrons. The van der Waals surface area contributed by atoms with E-state index in [1.807, 2.05) is 0 Å². The molecule has 1 rings (SSSR count). The van der Waals surface area contributed by atoms with Gasteiger partial charge in [0.25, 0.3) is 0 Å². The number of piperazine rings is 1. The van der Waals surface area contributed by atoms with Crippen molar-refractivity contribution in [1.82, 2.24) is 9.80 Å². The molecule has 3 nitrogen and oxygen atoms in total. The van der Waals surface area contributed by atoms with Gasteiger partial charge < -0.3 is 4.90 Å². The minimum atomic E-state index is -4.20. The third-order valence-electron chi connectivity index (χ3n) is 2.82. The van der Waals surface area contributed by atoms with Gasteiger partial charge in [-0.05, 0) is 13.0 Å². The first kappa shape index (κ1) is 13.0. The molecule has 1 saturated heterocycles. The topological polar surface area (TPSA) is 23.6 Å². The minimum absolute atomic E-state index is 0.223. The van der Waals surface area contributed by atoms with Crippen molar-refractivity contribution in [2.45, 2.75) is 19.1 Å². The first-order valence-electron chi connectivity index (χ1n) is 5.08. The average molecular weight is 236 g/mol. The van der Waals surface area contributed by atoms with E-state index in [2.05, 4.69) is 6.58 Å². The normalized spacial score (nSPS) is 20.6. The van der Waals surface area contributed by atoms with E-state index >= 15 is 0 Å².